The monoisotopic (exact) mass is 634 g/mol. The molecule has 3 aromatic carbocycles. The van der Waals surface area contributed by atoms with Crippen LogP contribution in [0.4, 0.5) is 0 Å². The van der Waals surface area contributed by atoms with Gasteiger partial charge in [0, 0.05) is 6.20 Å². The maximum atomic E-state index is 13.2. The number of nitrogens with zero attached hydrogens (tertiary/aromatic N) is 1. The standard InChI is InChI=1S/C30H23BrN2O9/c31-21-16-33(30(38)32-25(21)34)26-24(42-29(37)20-14-8-3-9-15-20)23(41-28(36)19-12-6-2-7-13-19)22(40-26)17-39-27(35)18-10-4-1-5-11-18/h1-16,22-24,26H,17H2,(H,32,34,38)/t22-,23-,24-,26-/m0/s1. The smallest absolute Gasteiger partial charge is 0.338 e. The van der Waals surface area contributed by atoms with Crippen LogP contribution in [0.25, 0.3) is 0 Å². The quantitative estimate of drug-likeness (QED) is 0.227. The van der Waals surface area contributed by atoms with Crippen molar-refractivity contribution in [3.63, 3.8) is 0 Å². The number of carbonyl (C=O) groups is 3. The summed E-state index contributed by atoms with van der Waals surface area (Å²) in [5.74, 6) is -2.22. The molecule has 0 amide bonds. The van der Waals surface area contributed by atoms with Gasteiger partial charge >= 0.3 is 23.6 Å². The van der Waals surface area contributed by atoms with E-state index >= 15 is 0 Å². The molecule has 0 radical (unpaired) electrons. The molecule has 214 valence electrons. The lowest BCUT2D eigenvalue weighted by molar-refractivity contribution is -0.0641. The van der Waals surface area contributed by atoms with Gasteiger partial charge in [0.2, 0.25) is 0 Å². The predicted octanol–water partition coefficient (Wildman–Crippen LogP) is 3.50. The summed E-state index contributed by atoms with van der Waals surface area (Å²) in [6.07, 6.45) is -4.13. The normalized spacial score (nSPS) is 19.5. The highest BCUT2D eigenvalue weighted by Gasteiger charge is 2.51. The number of benzene rings is 3. The Labute approximate surface area is 246 Å². The number of hydrogen-bond acceptors (Lipinski definition) is 9. The van der Waals surface area contributed by atoms with Gasteiger partial charge in [0.05, 0.1) is 21.2 Å². The molecule has 0 aliphatic carbocycles. The molecule has 1 aromatic heterocycles. The van der Waals surface area contributed by atoms with Crippen molar-refractivity contribution in [3.8, 4) is 0 Å². The highest BCUT2D eigenvalue weighted by Crippen LogP contribution is 2.35. The van der Waals surface area contributed by atoms with E-state index in [0.717, 1.165) is 4.57 Å². The minimum atomic E-state index is -1.40. The molecule has 5 rings (SSSR count). The van der Waals surface area contributed by atoms with E-state index in [1.165, 1.54) is 30.5 Å². The molecule has 1 saturated heterocycles. The SMILES string of the molecule is O=C(OC[C@@H]1O[C@H](n2cc(Br)c(=O)[nH]c2=O)[C@@H](OC(=O)c2ccccc2)[C@H]1OC(=O)c1ccccc1)c1ccccc1. The fraction of sp³-hybridized carbons (Fsp3) is 0.167. The van der Waals surface area contributed by atoms with Crippen molar-refractivity contribution in [1.82, 2.24) is 9.55 Å². The van der Waals surface area contributed by atoms with Crippen molar-refractivity contribution >= 4 is 33.8 Å². The zero-order valence-corrected chi connectivity index (χ0v) is 23.3. The van der Waals surface area contributed by atoms with Crippen molar-refractivity contribution in [3.05, 3.63) is 139 Å². The van der Waals surface area contributed by atoms with Crippen molar-refractivity contribution < 1.29 is 33.3 Å². The fourth-order valence-corrected chi connectivity index (χ4v) is 4.65. The first-order valence-corrected chi connectivity index (χ1v) is 13.5. The number of aromatic amines is 1. The minimum Gasteiger partial charge on any atom is -0.459 e. The maximum absolute atomic E-state index is 13.2. The fourth-order valence-electron chi connectivity index (χ4n) is 4.33. The molecule has 11 nitrogen and oxygen atoms in total. The van der Waals surface area contributed by atoms with Gasteiger partial charge in [-0.3, -0.25) is 14.3 Å². The third-order valence-electron chi connectivity index (χ3n) is 6.38. The van der Waals surface area contributed by atoms with Crippen LogP contribution in [0.15, 0.2) is 111 Å². The molecule has 4 aromatic rings. The van der Waals surface area contributed by atoms with Crippen molar-refractivity contribution in [2.75, 3.05) is 6.61 Å². The molecule has 0 saturated carbocycles. The Morgan fingerprint density at radius 2 is 1.21 bits per heavy atom. The number of ether oxygens (including phenoxy) is 4. The summed E-state index contributed by atoms with van der Waals surface area (Å²) >= 11 is 3.09. The van der Waals surface area contributed by atoms with E-state index in [1.807, 2.05) is 0 Å². The summed E-state index contributed by atoms with van der Waals surface area (Å²) in [6, 6.07) is 24.4. The van der Waals surface area contributed by atoms with Crippen LogP contribution in [0, 0.1) is 0 Å². The molecular formula is C30H23BrN2O9. The third kappa shape index (κ3) is 6.40. The number of aromatic nitrogens is 2. The molecule has 0 unspecified atom stereocenters. The number of carbonyl (C=O) groups excluding carboxylic acids is 3. The molecule has 12 heteroatoms. The first-order chi connectivity index (χ1) is 20.3. The van der Waals surface area contributed by atoms with Gasteiger partial charge in [0.25, 0.3) is 5.56 Å². The Hall–Kier alpha value is -4.81. The highest BCUT2D eigenvalue weighted by molar-refractivity contribution is 9.10. The van der Waals surface area contributed by atoms with Crippen LogP contribution in [-0.4, -0.2) is 52.4 Å². The van der Waals surface area contributed by atoms with Crippen LogP contribution in [0.1, 0.15) is 37.3 Å². The zero-order valence-electron chi connectivity index (χ0n) is 21.8. The number of esters is 3. The van der Waals surface area contributed by atoms with Gasteiger partial charge < -0.3 is 18.9 Å². The summed E-state index contributed by atoms with van der Waals surface area (Å²) < 4.78 is 24.2. The molecule has 1 aliphatic rings. The average Bonchev–Trinajstić information content (AvgIpc) is 3.34. The maximum Gasteiger partial charge on any atom is 0.338 e. The Morgan fingerprint density at radius 1 is 0.738 bits per heavy atom. The first-order valence-electron chi connectivity index (χ1n) is 12.7. The van der Waals surface area contributed by atoms with Crippen LogP contribution < -0.4 is 11.2 Å². The third-order valence-corrected chi connectivity index (χ3v) is 6.94. The lowest BCUT2D eigenvalue weighted by Crippen LogP contribution is -2.43. The van der Waals surface area contributed by atoms with E-state index in [1.54, 1.807) is 66.7 Å². The van der Waals surface area contributed by atoms with E-state index in [-0.39, 0.29) is 21.2 Å². The number of H-pyrrole nitrogens is 1. The zero-order chi connectivity index (χ0) is 29.6. The molecule has 1 fully saturated rings. The van der Waals surface area contributed by atoms with Crippen molar-refractivity contribution in [1.29, 1.82) is 0 Å². The molecule has 42 heavy (non-hydrogen) atoms. The molecule has 0 bridgehead atoms. The average molecular weight is 635 g/mol. The van der Waals surface area contributed by atoms with Gasteiger partial charge in [-0.2, -0.15) is 0 Å². The summed E-state index contributed by atoms with van der Waals surface area (Å²) in [6.45, 7) is -0.421. The van der Waals surface area contributed by atoms with Gasteiger partial charge in [-0.05, 0) is 52.3 Å². The first kappa shape index (κ1) is 28.7. The van der Waals surface area contributed by atoms with Gasteiger partial charge in [0.1, 0.15) is 12.7 Å². The van der Waals surface area contributed by atoms with Gasteiger partial charge in [-0.15, -0.1) is 0 Å². The second-order valence-corrected chi connectivity index (χ2v) is 10.00. The van der Waals surface area contributed by atoms with Crippen LogP contribution in [0.2, 0.25) is 0 Å². The second kappa shape index (κ2) is 12.8. The molecule has 1 N–H and O–H groups in total. The predicted molar refractivity (Wildman–Crippen MR) is 151 cm³/mol. The van der Waals surface area contributed by atoms with E-state index in [2.05, 4.69) is 20.9 Å². The van der Waals surface area contributed by atoms with Crippen LogP contribution in [0.5, 0.6) is 0 Å². The van der Waals surface area contributed by atoms with Crippen molar-refractivity contribution in [2.24, 2.45) is 0 Å². The molecular weight excluding hydrogens is 612 g/mol. The topological polar surface area (TPSA) is 143 Å². The summed E-state index contributed by atoms with van der Waals surface area (Å²) in [5.41, 5.74) is -0.884. The van der Waals surface area contributed by atoms with E-state index < -0.39 is 60.3 Å². The Morgan fingerprint density at radius 3 is 1.74 bits per heavy atom. The van der Waals surface area contributed by atoms with Gasteiger partial charge in [0.15, 0.2) is 18.4 Å². The van der Waals surface area contributed by atoms with E-state index in [4.69, 9.17) is 18.9 Å². The Kier molecular flexibility index (Phi) is 8.74. The van der Waals surface area contributed by atoms with Crippen LogP contribution >= 0.6 is 15.9 Å². The van der Waals surface area contributed by atoms with Gasteiger partial charge in [-0.25, -0.2) is 19.2 Å². The summed E-state index contributed by atoms with van der Waals surface area (Å²) in [7, 11) is 0. The summed E-state index contributed by atoms with van der Waals surface area (Å²) in [5, 5.41) is 0. The van der Waals surface area contributed by atoms with Crippen LogP contribution in [0.3, 0.4) is 0 Å². The summed E-state index contributed by atoms with van der Waals surface area (Å²) in [4.78, 5) is 66.1. The largest absolute Gasteiger partial charge is 0.459 e. The number of hydrogen-bond donors (Lipinski definition) is 1. The van der Waals surface area contributed by atoms with Crippen LogP contribution in [-0.2, 0) is 18.9 Å². The molecule has 1 aliphatic heterocycles. The number of rotatable bonds is 8. The second-order valence-electron chi connectivity index (χ2n) is 9.15. The molecule has 4 atom stereocenters. The molecule has 0 spiro atoms. The van der Waals surface area contributed by atoms with Crippen molar-refractivity contribution in [2.45, 2.75) is 24.5 Å². The Bertz CT molecular complexity index is 1690. The molecule has 2 heterocycles. The van der Waals surface area contributed by atoms with E-state index in [9.17, 15) is 24.0 Å². The number of nitrogens with one attached hydrogen (secondary N) is 1. The lowest BCUT2D eigenvalue weighted by atomic mass is 10.1. The van der Waals surface area contributed by atoms with E-state index in [0.29, 0.717) is 0 Å². The minimum absolute atomic E-state index is 0.00405. The Balaban J connectivity index is 1.52. The lowest BCUT2D eigenvalue weighted by Gasteiger charge is -2.25. The number of halogens is 1. The highest BCUT2D eigenvalue weighted by atomic mass is 79.9. The van der Waals surface area contributed by atoms with Gasteiger partial charge in [-0.1, -0.05) is 54.6 Å².